The van der Waals surface area contributed by atoms with Crippen LogP contribution in [0.2, 0.25) is 0 Å². The highest BCUT2D eigenvalue weighted by Crippen LogP contribution is 2.30. The molecular formula is C20H23N7O3. The van der Waals surface area contributed by atoms with E-state index in [1.54, 1.807) is 12.4 Å². The van der Waals surface area contributed by atoms with Crippen LogP contribution in [0.1, 0.15) is 6.92 Å². The average molecular weight is 409 g/mol. The minimum Gasteiger partial charge on any atom is -0.494 e. The number of hydrogen-bond donors (Lipinski definition) is 2. The third-order valence-corrected chi connectivity index (χ3v) is 4.43. The maximum absolute atomic E-state index is 5.85. The van der Waals surface area contributed by atoms with Crippen molar-refractivity contribution in [2.75, 3.05) is 38.6 Å². The van der Waals surface area contributed by atoms with Gasteiger partial charge in [-0.25, -0.2) is 9.61 Å². The maximum Gasteiger partial charge on any atom is 0.199 e. The molecule has 3 N–H and O–H groups in total. The lowest BCUT2D eigenvalue weighted by Crippen LogP contribution is -2.30. The van der Waals surface area contributed by atoms with E-state index in [-0.39, 0.29) is 5.82 Å². The lowest BCUT2D eigenvalue weighted by molar-refractivity contribution is 0.109. The molecule has 5 rings (SSSR count). The lowest BCUT2D eigenvalue weighted by Gasteiger charge is -2.10. The Balaban J connectivity index is 0.000000313. The molecule has 0 radical (unpaired) electrons. The van der Waals surface area contributed by atoms with E-state index in [0.29, 0.717) is 18.1 Å². The molecule has 156 valence electrons. The Morgan fingerprint density at radius 1 is 1.13 bits per heavy atom. The van der Waals surface area contributed by atoms with Crippen LogP contribution < -0.4 is 15.8 Å². The average Bonchev–Trinajstić information content (AvgIpc) is 3.39. The van der Waals surface area contributed by atoms with Crippen molar-refractivity contribution in [2.45, 2.75) is 6.92 Å². The number of anilines is 1. The number of nitrogens with zero attached hydrogens (tertiary/aromatic N) is 5. The molecule has 0 saturated carbocycles. The molecule has 0 amide bonds. The highest BCUT2D eigenvalue weighted by atomic mass is 16.6. The molecule has 1 aliphatic heterocycles. The van der Waals surface area contributed by atoms with E-state index in [2.05, 4.69) is 25.6 Å². The van der Waals surface area contributed by atoms with Gasteiger partial charge in [0.05, 0.1) is 31.5 Å². The summed E-state index contributed by atoms with van der Waals surface area (Å²) in [6.07, 6.45) is 3.40. The molecule has 1 saturated heterocycles. The van der Waals surface area contributed by atoms with Crippen molar-refractivity contribution in [3.8, 4) is 23.0 Å². The third-order valence-electron chi connectivity index (χ3n) is 4.43. The number of nitrogens with two attached hydrogens (primary N) is 1. The zero-order valence-corrected chi connectivity index (χ0v) is 16.6. The zero-order chi connectivity index (χ0) is 20.8. The van der Waals surface area contributed by atoms with Crippen molar-refractivity contribution in [3.05, 3.63) is 42.7 Å². The molecule has 0 bridgehead atoms. The molecular weight excluding hydrogens is 386 g/mol. The van der Waals surface area contributed by atoms with Crippen LogP contribution in [-0.4, -0.2) is 57.8 Å². The van der Waals surface area contributed by atoms with Crippen LogP contribution in [0.25, 0.3) is 28.2 Å². The topological polar surface area (TPSA) is 126 Å². The fourth-order valence-electron chi connectivity index (χ4n) is 3.08. The van der Waals surface area contributed by atoms with Crippen LogP contribution >= 0.6 is 0 Å². The van der Waals surface area contributed by atoms with Gasteiger partial charge in [-0.1, -0.05) is 0 Å². The first-order valence-electron chi connectivity index (χ1n) is 9.70. The Morgan fingerprint density at radius 2 is 1.93 bits per heavy atom. The summed E-state index contributed by atoms with van der Waals surface area (Å²) in [4.78, 5) is 8.69. The summed E-state index contributed by atoms with van der Waals surface area (Å²) in [7, 11) is 0. The molecule has 1 fully saturated rings. The Morgan fingerprint density at radius 3 is 2.53 bits per heavy atom. The number of imidazole rings is 1. The van der Waals surface area contributed by atoms with Crippen LogP contribution in [0.4, 0.5) is 5.82 Å². The highest BCUT2D eigenvalue weighted by Gasteiger charge is 2.20. The predicted octanol–water partition coefficient (Wildman–Crippen LogP) is 2.06. The molecule has 0 spiro atoms. The van der Waals surface area contributed by atoms with Crippen molar-refractivity contribution in [1.29, 1.82) is 0 Å². The van der Waals surface area contributed by atoms with Crippen molar-refractivity contribution in [1.82, 2.24) is 30.2 Å². The van der Waals surface area contributed by atoms with Crippen molar-refractivity contribution < 1.29 is 14.1 Å². The van der Waals surface area contributed by atoms with Gasteiger partial charge in [-0.3, -0.25) is 9.55 Å². The number of ether oxygens (including phenoxy) is 2. The Labute approximate surface area is 173 Å². The van der Waals surface area contributed by atoms with Gasteiger partial charge >= 0.3 is 0 Å². The molecule has 1 aromatic carbocycles. The summed E-state index contributed by atoms with van der Waals surface area (Å²) >= 11 is 0. The van der Waals surface area contributed by atoms with Gasteiger partial charge in [0.2, 0.25) is 0 Å². The number of pyridine rings is 1. The van der Waals surface area contributed by atoms with Gasteiger partial charge in [0, 0.05) is 25.0 Å². The first-order chi connectivity index (χ1) is 14.8. The summed E-state index contributed by atoms with van der Waals surface area (Å²) in [5, 5.41) is 10.7. The molecule has 0 unspecified atom stereocenters. The molecule has 10 nitrogen and oxygen atoms in total. The zero-order valence-electron chi connectivity index (χ0n) is 16.6. The summed E-state index contributed by atoms with van der Waals surface area (Å²) in [5.74, 6) is 1.53. The molecule has 0 aliphatic carbocycles. The molecule has 4 aromatic rings. The highest BCUT2D eigenvalue weighted by molar-refractivity contribution is 5.83. The Kier molecular flexibility index (Phi) is 6.16. The molecule has 30 heavy (non-hydrogen) atoms. The van der Waals surface area contributed by atoms with Crippen molar-refractivity contribution in [2.24, 2.45) is 0 Å². The van der Waals surface area contributed by atoms with Gasteiger partial charge in [0.15, 0.2) is 17.3 Å². The number of morpholine rings is 1. The quantitative estimate of drug-likeness (QED) is 0.521. The third kappa shape index (κ3) is 4.24. The number of nitrogen functional groups attached to an aromatic ring is 1. The van der Waals surface area contributed by atoms with E-state index in [9.17, 15) is 0 Å². The Bertz CT molecular complexity index is 1080. The van der Waals surface area contributed by atoms with Gasteiger partial charge < -0.3 is 20.5 Å². The van der Waals surface area contributed by atoms with E-state index in [1.807, 2.05) is 41.8 Å². The van der Waals surface area contributed by atoms with E-state index < -0.39 is 0 Å². The fraction of sp³-hybridized carbons (Fsp3) is 0.300. The van der Waals surface area contributed by atoms with Crippen LogP contribution in [0.5, 0.6) is 5.75 Å². The lowest BCUT2D eigenvalue weighted by atomic mass is 10.2. The molecule has 3 aromatic heterocycles. The second kappa shape index (κ2) is 9.33. The summed E-state index contributed by atoms with van der Waals surface area (Å²) in [6.45, 7) is 6.40. The van der Waals surface area contributed by atoms with E-state index >= 15 is 0 Å². The smallest absolute Gasteiger partial charge is 0.199 e. The molecule has 10 heteroatoms. The number of benzene rings is 1. The van der Waals surface area contributed by atoms with Gasteiger partial charge in [0.25, 0.3) is 0 Å². The SMILES string of the molecule is C1COCCN1.CCOc1ccc(-n2c(-c3nonc3N)nc3cnccc32)cc1. The normalized spacial score (nSPS) is 13.6. The summed E-state index contributed by atoms with van der Waals surface area (Å²) < 4.78 is 17.2. The van der Waals surface area contributed by atoms with Crippen LogP contribution in [0.3, 0.4) is 0 Å². The Hall–Kier alpha value is -3.50. The molecule has 1 aliphatic rings. The maximum atomic E-state index is 5.85. The van der Waals surface area contributed by atoms with Crippen LogP contribution in [-0.2, 0) is 4.74 Å². The fourth-order valence-corrected chi connectivity index (χ4v) is 3.08. The number of nitrogens with one attached hydrogen (secondary N) is 1. The van der Waals surface area contributed by atoms with Gasteiger partial charge in [0.1, 0.15) is 11.3 Å². The predicted molar refractivity (Wildman–Crippen MR) is 111 cm³/mol. The first kappa shape index (κ1) is 19.8. The monoisotopic (exact) mass is 409 g/mol. The van der Waals surface area contributed by atoms with Crippen molar-refractivity contribution >= 4 is 16.9 Å². The molecule has 4 heterocycles. The number of fused-ring (bicyclic) bond motifs is 1. The minimum absolute atomic E-state index is 0.186. The molecule has 0 atom stereocenters. The number of hydrogen-bond acceptors (Lipinski definition) is 9. The standard InChI is InChI=1S/C16H14N6O2.C4H9NO/c1-2-23-11-5-3-10(4-6-11)22-13-7-8-18-9-12(13)19-16(22)14-15(17)21-24-20-14;1-3-6-4-2-5-1/h3-9H,2H2,1H3,(H2,17,21);5H,1-4H2. The summed E-state index contributed by atoms with van der Waals surface area (Å²) in [5.41, 5.74) is 8.74. The van der Waals surface area contributed by atoms with Gasteiger partial charge in [-0.15, -0.1) is 0 Å². The first-order valence-corrected chi connectivity index (χ1v) is 9.70. The largest absolute Gasteiger partial charge is 0.494 e. The number of aromatic nitrogens is 5. The second-order valence-electron chi connectivity index (χ2n) is 6.42. The van der Waals surface area contributed by atoms with Crippen LogP contribution in [0, 0.1) is 0 Å². The van der Waals surface area contributed by atoms with E-state index in [1.165, 1.54) is 0 Å². The van der Waals surface area contributed by atoms with Gasteiger partial charge in [-0.05, 0) is 47.6 Å². The summed E-state index contributed by atoms with van der Waals surface area (Å²) in [6, 6.07) is 9.57. The number of rotatable bonds is 4. The van der Waals surface area contributed by atoms with Gasteiger partial charge in [-0.2, -0.15) is 0 Å². The van der Waals surface area contributed by atoms with Crippen LogP contribution in [0.15, 0.2) is 47.4 Å². The van der Waals surface area contributed by atoms with E-state index in [0.717, 1.165) is 48.8 Å². The minimum atomic E-state index is 0.186. The van der Waals surface area contributed by atoms with E-state index in [4.69, 9.17) is 19.8 Å². The van der Waals surface area contributed by atoms with Crippen molar-refractivity contribution in [3.63, 3.8) is 0 Å². The second-order valence-corrected chi connectivity index (χ2v) is 6.42.